The van der Waals surface area contributed by atoms with Crippen molar-refractivity contribution in [3.05, 3.63) is 57.8 Å². The zero-order valence-corrected chi connectivity index (χ0v) is 11.9. The van der Waals surface area contributed by atoms with Gasteiger partial charge in [-0.2, -0.15) is 0 Å². The lowest BCUT2D eigenvalue weighted by molar-refractivity contribution is 0.134. The Morgan fingerprint density at radius 2 is 2.16 bits per heavy atom. The van der Waals surface area contributed by atoms with Crippen LogP contribution in [-0.4, -0.2) is 11.2 Å². The van der Waals surface area contributed by atoms with Crippen molar-refractivity contribution in [3.63, 3.8) is 0 Å². The van der Waals surface area contributed by atoms with E-state index in [9.17, 15) is 5.11 Å². The maximum atomic E-state index is 10.3. The molecule has 0 bridgehead atoms. The van der Waals surface area contributed by atoms with E-state index in [-0.39, 0.29) is 12.1 Å². The predicted octanol–water partition coefficient (Wildman–Crippen LogP) is 3.45. The second-order valence-electron chi connectivity index (χ2n) is 5.09. The summed E-state index contributed by atoms with van der Waals surface area (Å²) in [7, 11) is 0. The summed E-state index contributed by atoms with van der Waals surface area (Å²) in [4.78, 5) is 1.35. The fourth-order valence-corrected chi connectivity index (χ4v) is 3.75. The summed E-state index contributed by atoms with van der Waals surface area (Å²) >= 11 is 1.78. The van der Waals surface area contributed by atoms with Gasteiger partial charge in [0.15, 0.2) is 0 Å². The lowest BCUT2D eigenvalue weighted by Crippen LogP contribution is -2.31. The molecule has 19 heavy (non-hydrogen) atoms. The molecule has 0 saturated carbocycles. The van der Waals surface area contributed by atoms with Crippen LogP contribution in [0.1, 0.15) is 41.4 Å². The molecule has 0 radical (unpaired) electrons. The minimum Gasteiger partial charge on any atom is -0.391 e. The Hall–Kier alpha value is -1.16. The van der Waals surface area contributed by atoms with Gasteiger partial charge >= 0.3 is 0 Å². The molecular formula is C16H19NOS. The van der Waals surface area contributed by atoms with Crippen molar-refractivity contribution in [1.29, 1.82) is 0 Å². The van der Waals surface area contributed by atoms with E-state index in [0.717, 1.165) is 12.8 Å². The predicted molar refractivity (Wildman–Crippen MR) is 79.4 cm³/mol. The van der Waals surface area contributed by atoms with Crippen LogP contribution in [0.4, 0.5) is 0 Å². The molecule has 0 fully saturated rings. The van der Waals surface area contributed by atoms with Gasteiger partial charge in [0.05, 0.1) is 12.1 Å². The quantitative estimate of drug-likeness (QED) is 0.894. The summed E-state index contributed by atoms with van der Waals surface area (Å²) in [6.07, 6.45) is 1.48. The normalized spacial score (nSPS) is 23.3. The molecule has 2 nitrogen and oxygen atoms in total. The first-order valence-corrected chi connectivity index (χ1v) is 7.73. The van der Waals surface area contributed by atoms with Crippen LogP contribution in [0.3, 0.4) is 0 Å². The van der Waals surface area contributed by atoms with E-state index < -0.39 is 0 Å². The molecular weight excluding hydrogens is 254 g/mol. The van der Waals surface area contributed by atoms with E-state index in [1.165, 1.54) is 16.0 Å². The summed E-state index contributed by atoms with van der Waals surface area (Å²) in [6, 6.07) is 13.0. The first-order chi connectivity index (χ1) is 9.29. The lowest BCUT2D eigenvalue weighted by Gasteiger charge is -2.24. The molecule has 1 aromatic carbocycles. The number of thiophene rings is 1. The number of hydrogen-bond donors (Lipinski definition) is 2. The Bertz CT molecular complexity index is 537. The monoisotopic (exact) mass is 273 g/mol. The van der Waals surface area contributed by atoms with Crippen LogP contribution in [0.25, 0.3) is 0 Å². The fourth-order valence-electron chi connectivity index (χ4n) is 2.88. The molecule has 3 heteroatoms. The third-order valence-corrected chi connectivity index (χ3v) is 4.87. The van der Waals surface area contributed by atoms with Crippen LogP contribution in [0.2, 0.25) is 0 Å². The van der Waals surface area contributed by atoms with Gasteiger partial charge in [0.1, 0.15) is 0 Å². The Kier molecular flexibility index (Phi) is 3.69. The summed E-state index contributed by atoms with van der Waals surface area (Å²) < 4.78 is 0. The highest BCUT2D eigenvalue weighted by atomic mass is 32.1. The molecule has 3 atom stereocenters. The minimum absolute atomic E-state index is 0.0586. The molecule has 1 aliphatic rings. The number of rotatable bonds is 4. The molecule has 1 heterocycles. The molecule has 2 aromatic rings. The molecule has 0 saturated heterocycles. The van der Waals surface area contributed by atoms with Crippen molar-refractivity contribution in [2.24, 2.45) is 0 Å². The number of aliphatic hydroxyl groups excluding tert-OH is 1. The maximum Gasteiger partial charge on any atom is 0.0775 e. The van der Waals surface area contributed by atoms with E-state index >= 15 is 0 Å². The molecule has 1 aliphatic carbocycles. The standard InChI is InChI=1S/C16H19NOS/c1-2-13(15-8-5-9-19-15)17-16-12-7-4-3-6-11(12)10-14(16)18/h3-9,13-14,16-18H,2,10H2,1H3. The number of fused-ring (bicyclic) bond motifs is 1. The van der Waals surface area contributed by atoms with E-state index in [1.54, 1.807) is 11.3 Å². The third-order valence-electron chi connectivity index (χ3n) is 3.88. The van der Waals surface area contributed by atoms with Crippen LogP contribution in [0.5, 0.6) is 0 Å². The molecule has 1 aromatic heterocycles. The van der Waals surface area contributed by atoms with Crippen molar-refractivity contribution >= 4 is 11.3 Å². The Morgan fingerprint density at radius 1 is 1.32 bits per heavy atom. The summed E-state index contributed by atoms with van der Waals surface area (Å²) in [5, 5.41) is 16.0. The van der Waals surface area contributed by atoms with Crippen LogP contribution in [0, 0.1) is 0 Å². The van der Waals surface area contributed by atoms with E-state index in [4.69, 9.17) is 0 Å². The maximum absolute atomic E-state index is 10.3. The van der Waals surface area contributed by atoms with E-state index in [2.05, 4.69) is 48.0 Å². The number of benzene rings is 1. The first-order valence-electron chi connectivity index (χ1n) is 6.85. The van der Waals surface area contributed by atoms with E-state index in [0.29, 0.717) is 6.04 Å². The third kappa shape index (κ3) is 2.46. The number of aliphatic hydroxyl groups is 1. The van der Waals surface area contributed by atoms with Gasteiger partial charge in [-0.05, 0) is 29.0 Å². The van der Waals surface area contributed by atoms with Crippen molar-refractivity contribution < 1.29 is 5.11 Å². The van der Waals surface area contributed by atoms with Crippen molar-refractivity contribution in [1.82, 2.24) is 5.32 Å². The number of nitrogens with one attached hydrogen (secondary N) is 1. The molecule has 0 spiro atoms. The highest BCUT2D eigenvalue weighted by Crippen LogP contribution is 2.34. The highest BCUT2D eigenvalue weighted by Gasteiger charge is 2.32. The van der Waals surface area contributed by atoms with Crippen LogP contribution < -0.4 is 5.32 Å². The number of hydrogen-bond acceptors (Lipinski definition) is 3. The Morgan fingerprint density at radius 3 is 2.89 bits per heavy atom. The van der Waals surface area contributed by atoms with Crippen LogP contribution in [0.15, 0.2) is 41.8 Å². The SMILES string of the molecule is CCC(NC1c2ccccc2CC1O)c1cccs1. The molecule has 0 aliphatic heterocycles. The summed E-state index contributed by atoms with van der Waals surface area (Å²) in [5.41, 5.74) is 2.53. The first kappa shape index (κ1) is 12.9. The molecule has 100 valence electrons. The van der Waals surface area contributed by atoms with Crippen molar-refractivity contribution in [3.8, 4) is 0 Å². The minimum atomic E-state index is -0.314. The van der Waals surface area contributed by atoms with Crippen LogP contribution in [-0.2, 0) is 6.42 Å². The van der Waals surface area contributed by atoms with Gasteiger partial charge in [0, 0.05) is 17.3 Å². The van der Waals surface area contributed by atoms with Crippen molar-refractivity contribution in [2.45, 2.75) is 38.0 Å². The average molecular weight is 273 g/mol. The summed E-state index contributed by atoms with van der Waals surface area (Å²) in [5.74, 6) is 0. The largest absolute Gasteiger partial charge is 0.391 e. The topological polar surface area (TPSA) is 32.3 Å². The fraction of sp³-hybridized carbons (Fsp3) is 0.375. The van der Waals surface area contributed by atoms with Crippen LogP contribution >= 0.6 is 11.3 Å². The second kappa shape index (κ2) is 5.45. The molecule has 3 rings (SSSR count). The molecule has 0 amide bonds. The molecule has 2 N–H and O–H groups in total. The van der Waals surface area contributed by atoms with Gasteiger partial charge in [-0.3, -0.25) is 0 Å². The van der Waals surface area contributed by atoms with Gasteiger partial charge in [-0.25, -0.2) is 0 Å². The van der Waals surface area contributed by atoms with Gasteiger partial charge in [-0.1, -0.05) is 37.3 Å². The summed E-state index contributed by atoms with van der Waals surface area (Å²) in [6.45, 7) is 2.19. The zero-order chi connectivity index (χ0) is 13.2. The van der Waals surface area contributed by atoms with Gasteiger partial charge < -0.3 is 10.4 Å². The highest BCUT2D eigenvalue weighted by molar-refractivity contribution is 7.10. The Balaban J connectivity index is 1.83. The van der Waals surface area contributed by atoms with Gasteiger partial charge in [0.2, 0.25) is 0 Å². The smallest absolute Gasteiger partial charge is 0.0775 e. The zero-order valence-electron chi connectivity index (χ0n) is 11.0. The Labute approximate surface area is 118 Å². The van der Waals surface area contributed by atoms with Gasteiger partial charge in [0.25, 0.3) is 0 Å². The van der Waals surface area contributed by atoms with Crippen molar-refractivity contribution in [2.75, 3.05) is 0 Å². The lowest BCUT2D eigenvalue weighted by atomic mass is 10.1. The second-order valence-corrected chi connectivity index (χ2v) is 6.07. The molecule has 3 unspecified atom stereocenters. The van der Waals surface area contributed by atoms with Gasteiger partial charge in [-0.15, -0.1) is 11.3 Å². The van der Waals surface area contributed by atoms with E-state index in [1.807, 2.05) is 6.07 Å². The average Bonchev–Trinajstić information content (AvgIpc) is 3.04.